The molecule has 6 nitrogen and oxygen atoms in total. The molecule has 2 N–H and O–H groups in total. The Morgan fingerprint density at radius 3 is 2.84 bits per heavy atom. The molecule has 1 aromatic heterocycles. The van der Waals surface area contributed by atoms with Crippen molar-refractivity contribution in [2.75, 3.05) is 44.8 Å². The first-order valence-corrected chi connectivity index (χ1v) is 11.1. The summed E-state index contributed by atoms with van der Waals surface area (Å²) >= 11 is 6.38. The van der Waals surface area contributed by atoms with E-state index >= 15 is 0 Å². The fourth-order valence-corrected chi connectivity index (χ4v) is 4.14. The Bertz CT molecular complexity index is 915. The molecule has 2 aliphatic rings. The number of hydrogen-bond donors (Lipinski definition) is 2. The predicted molar refractivity (Wildman–Crippen MR) is 118 cm³/mol. The molecule has 0 spiro atoms. The van der Waals surface area contributed by atoms with E-state index in [1.54, 1.807) is 6.07 Å². The molecule has 166 valence electrons. The third-order valence-electron chi connectivity index (χ3n) is 5.70. The van der Waals surface area contributed by atoms with Gasteiger partial charge in [-0.25, -0.2) is 4.39 Å². The number of aromatic nitrogens is 1. The quantitative estimate of drug-likeness (QED) is 0.677. The molecule has 1 atom stereocenters. The van der Waals surface area contributed by atoms with Gasteiger partial charge in [-0.2, -0.15) is 0 Å². The van der Waals surface area contributed by atoms with E-state index in [9.17, 15) is 9.18 Å². The van der Waals surface area contributed by atoms with Crippen LogP contribution in [0.1, 0.15) is 18.5 Å². The normalized spacial score (nSPS) is 19.9. The molecule has 0 bridgehead atoms. The molecule has 0 radical (unpaired) electrons. The highest BCUT2D eigenvalue weighted by atomic mass is 35.5. The van der Waals surface area contributed by atoms with Gasteiger partial charge in [-0.15, -0.1) is 0 Å². The van der Waals surface area contributed by atoms with E-state index in [1.165, 1.54) is 18.3 Å². The summed E-state index contributed by atoms with van der Waals surface area (Å²) in [6, 6.07) is 6.56. The van der Waals surface area contributed by atoms with Crippen LogP contribution in [0, 0.1) is 11.7 Å². The summed E-state index contributed by atoms with van der Waals surface area (Å²) in [5, 5.41) is 6.91. The molecule has 8 heteroatoms. The summed E-state index contributed by atoms with van der Waals surface area (Å²) in [5.74, 6) is 0.129. The van der Waals surface area contributed by atoms with E-state index < -0.39 is 6.10 Å². The van der Waals surface area contributed by atoms with Crippen molar-refractivity contribution in [1.29, 1.82) is 0 Å². The van der Waals surface area contributed by atoms with Gasteiger partial charge in [-0.3, -0.25) is 9.78 Å². The van der Waals surface area contributed by atoms with Crippen LogP contribution < -0.4 is 10.6 Å². The zero-order chi connectivity index (χ0) is 21.6. The van der Waals surface area contributed by atoms with Gasteiger partial charge < -0.3 is 20.1 Å². The van der Waals surface area contributed by atoms with Gasteiger partial charge in [0.05, 0.1) is 18.1 Å². The Hall–Kier alpha value is -2.06. The minimum Gasteiger partial charge on any atom is -0.385 e. The number of nitrogens with one attached hydrogen (secondary N) is 2. The first-order chi connectivity index (χ1) is 15.1. The van der Waals surface area contributed by atoms with Crippen molar-refractivity contribution in [3.05, 3.63) is 47.0 Å². The summed E-state index contributed by atoms with van der Waals surface area (Å²) in [7, 11) is 0. The average Bonchev–Trinajstić information content (AvgIpc) is 2.80. The highest BCUT2D eigenvalue weighted by Crippen LogP contribution is 2.31. The number of hydrogen-bond acceptors (Lipinski definition) is 6. The lowest BCUT2D eigenvalue weighted by atomic mass is 10.00. The molecule has 0 saturated carbocycles. The third-order valence-corrected chi connectivity index (χ3v) is 6.00. The Morgan fingerprint density at radius 2 is 2.06 bits per heavy atom. The number of benzene rings is 1. The Kier molecular flexibility index (Phi) is 7.50. The Morgan fingerprint density at radius 1 is 1.23 bits per heavy atom. The Balaban J connectivity index is 1.49. The second kappa shape index (κ2) is 10.5. The van der Waals surface area contributed by atoms with Gasteiger partial charge in [0.2, 0.25) is 0 Å². The summed E-state index contributed by atoms with van der Waals surface area (Å²) in [5.41, 5.74) is 2.58. The molecule has 3 heterocycles. The first kappa shape index (κ1) is 22.1. The van der Waals surface area contributed by atoms with Crippen LogP contribution in [0.4, 0.5) is 10.1 Å². The summed E-state index contributed by atoms with van der Waals surface area (Å²) < 4.78 is 25.3. The van der Waals surface area contributed by atoms with Crippen LogP contribution in [0.25, 0.3) is 11.1 Å². The van der Waals surface area contributed by atoms with Crippen molar-refractivity contribution < 1.29 is 18.7 Å². The van der Waals surface area contributed by atoms with Crippen LogP contribution in [0.5, 0.6) is 0 Å². The van der Waals surface area contributed by atoms with Crippen LogP contribution in [0.3, 0.4) is 0 Å². The van der Waals surface area contributed by atoms with Gasteiger partial charge in [0.25, 0.3) is 0 Å². The minimum atomic E-state index is -0.468. The molecule has 2 fully saturated rings. The van der Waals surface area contributed by atoms with Gasteiger partial charge in [0, 0.05) is 56.0 Å². The lowest BCUT2D eigenvalue weighted by Gasteiger charge is -2.23. The van der Waals surface area contributed by atoms with Gasteiger partial charge in [0.1, 0.15) is 11.9 Å². The molecular formula is C23H27ClFN3O3. The van der Waals surface area contributed by atoms with E-state index in [2.05, 4.69) is 15.6 Å². The summed E-state index contributed by atoms with van der Waals surface area (Å²) in [6.07, 6.45) is 3.19. The summed E-state index contributed by atoms with van der Waals surface area (Å²) in [4.78, 5) is 16.8. The van der Waals surface area contributed by atoms with Crippen molar-refractivity contribution >= 4 is 23.1 Å². The number of ketones is 1. The van der Waals surface area contributed by atoms with Crippen molar-refractivity contribution in [3.8, 4) is 11.1 Å². The fraction of sp³-hybridized carbons (Fsp3) is 0.478. The molecule has 2 aliphatic heterocycles. The van der Waals surface area contributed by atoms with Crippen LogP contribution in [-0.2, 0) is 20.7 Å². The van der Waals surface area contributed by atoms with Crippen molar-refractivity contribution in [1.82, 2.24) is 10.3 Å². The van der Waals surface area contributed by atoms with Gasteiger partial charge in [0.15, 0.2) is 5.78 Å². The smallest absolute Gasteiger partial charge is 0.168 e. The second-order valence-electron chi connectivity index (χ2n) is 8.03. The Labute approximate surface area is 186 Å². The van der Waals surface area contributed by atoms with Crippen molar-refractivity contribution in [2.45, 2.75) is 25.4 Å². The average molecular weight is 448 g/mol. The molecule has 4 rings (SSSR count). The molecule has 0 amide bonds. The van der Waals surface area contributed by atoms with E-state index in [0.717, 1.165) is 39.1 Å². The van der Waals surface area contributed by atoms with E-state index in [-0.39, 0.29) is 18.0 Å². The predicted octanol–water partition coefficient (Wildman–Crippen LogP) is 3.48. The molecular weight excluding hydrogens is 421 g/mol. The number of nitrogens with zero attached hydrogens (tertiary/aromatic N) is 1. The fourth-order valence-electron chi connectivity index (χ4n) is 3.92. The van der Waals surface area contributed by atoms with Gasteiger partial charge in [-0.1, -0.05) is 11.6 Å². The lowest BCUT2D eigenvalue weighted by molar-refractivity contribution is -0.131. The largest absolute Gasteiger partial charge is 0.385 e. The van der Waals surface area contributed by atoms with Crippen molar-refractivity contribution in [2.24, 2.45) is 5.92 Å². The van der Waals surface area contributed by atoms with Gasteiger partial charge >= 0.3 is 0 Å². The number of anilines is 1. The van der Waals surface area contributed by atoms with Gasteiger partial charge in [-0.05, 0) is 48.6 Å². The molecule has 2 saturated heterocycles. The number of morpholine rings is 1. The molecule has 0 aliphatic carbocycles. The monoisotopic (exact) mass is 447 g/mol. The van der Waals surface area contributed by atoms with Crippen LogP contribution >= 0.6 is 11.6 Å². The highest BCUT2D eigenvalue weighted by Gasteiger charge is 2.22. The SMILES string of the molecule is O=C(Cc1cc(-c2cc(F)cc(NCC3CCOCC3)c2)c(Cl)cn1)C1CNCCO1. The number of carbonyl (C=O) groups is 1. The molecule has 31 heavy (non-hydrogen) atoms. The van der Waals surface area contributed by atoms with Crippen LogP contribution in [0.2, 0.25) is 5.02 Å². The number of carbonyl (C=O) groups excluding carboxylic acids is 1. The number of rotatable bonds is 7. The van der Waals surface area contributed by atoms with E-state index in [0.29, 0.717) is 46.6 Å². The third kappa shape index (κ3) is 6.01. The van der Waals surface area contributed by atoms with E-state index in [4.69, 9.17) is 21.1 Å². The molecule has 2 aromatic rings. The van der Waals surface area contributed by atoms with Crippen LogP contribution in [-0.4, -0.2) is 56.3 Å². The number of ether oxygens (including phenoxy) is 2. The number of halogens is 2. The standard InChI is InChI=1S/C23H27ClFN3O3/c24-21-13-28-19(11-22(29)23-14-26-3-6-31-23)10-20(21)16-7-17(25)9-18(8-16)27-12-15-1-4-30-5-2-15/h7-10,13,15,23,26-27H,1-6,11-12,14H2. The zero-order valence-corrected chi connectivity index (χ0v) is 18.1. The highest BCUT2D eigenvalue weighted by molar-refractivity contribution is 6.33. The number of Topliss-reactive ketones (excluding diaryl/α,β-unsaturated/α-hetero) is 1. The van der Waals surface area contributed by atoms with Crippen molar-refractivity contribution in [3.63, 3.8) is 0 Å². The summed E-state index contributed by atoms with van der Waals surface area (Å²) in [6.45, 7) is 4.09. The minimum absolute atomic E-state index is 0.0361. The molecule has 1 aromatic carbocycles. The first-order valence-electron chi connectivity index (χ1n) is 10.7. The maximum Gasteiger partial charge on any atom is 0.168 e. The maximum atomic E-state index is 14.4. The lowest BCUT2D eigenvalue weighted by Crippen LogP contribution is -2.43. The zero-order valence-electron chi connectivity index (χ0n) is 17.3. The maximum absolute atomic E-state index is 14.4. The topological polar surface area (TPSA) is 72.5 Å². The number of pyridine rings is 1. The van der Waals surface area contributed by atoms with Crippen LogP contribution in [0.15, 0.2) is 30.5 Å². The second-order valence-corrected chi connectivity index (χ2v) is 8.43. The van der Waals surface area contributed by atoms with E-state index in [1.807, 2.05) is 6.07 Å². The molecule has 1 unspecified atom stereocenters.